The SMILES string of the molecule is CCn1nc(C)c(Br)c1CN(C)CC1CC1. The van der Waals surface area contributed by atoms with Gasteiger partial charge in [-0.3, -0.25) is 4.68 Å². The topological polar surface area (TPSA) is 21.1 Å². The van der Waals surface area contributed by atoms with Gasteiger partial charge in [0.1, 0.15) is 0 Å². The summed E-state index contributed by atoms with van der Waals surface area (Å²) < 4.78 is 3.28. The first kappa shape index (κ1) is 12.1. The van der Waals surface area contributed by atoms with Crippen LogP contribution in [0.5, 0.6) is 0 Å². The molecule has 0 saturated heterocycles. The van der Waals surface area contributed by atoms with Crippen molar-refractivity contribution in [2.75, 3.05) is 13.6 Å². The first-order valence-electron chi connectivity index (χ1n) is 6.02. The maximum absolute atomic E-state index is 4.52. The van der Waals surface area contributed by atoms with Crippen LogP contribution in [0.25, 0.3) is 0 Å². The van der Waals surface area contributed by atoms with Crippen LogP contribution in [0, 0.1) is 12.8 Å². The lowest BCUT2D eigenvalue weighted by atomic mass is 10.3. The lowest BCUT2D eigenvalue weighted by Crippen LogP contribution is -2.22. The number of hydrogen-bond donors (Lipinski definition) is 0. The molecule has 1 fully saturated rings. The molecule has 1 heterocycles. The van der Waals surface area contributed by atoms with Crippen molar-refractivity contribution in [3.63, 3.8) is 0 Å². The Morgan fingerprint density at radius 3 is 2.75 bits per heavy atom. The van der Waals surface area contributed by atoms with Gasteiger partial charge in [-0.25, -0.2) is 0 Å². The van der Waals surface area contributed by atoms with E-state index in [9.17, 15) is 0 Å². The summed E-state index contributed by atoms with van der Waals surface area (Å²) in [5, 5.41) is 4.52. The number of hydrogen-bond acceptors (Lipinski definition) is 2. The molecule has 0 N–H and O–H groups in total. The van der Waals surface area contributed by atoms with Crippen LogP contribution in [-0.2, 0) is 13.1 Å². The second-order valence-electron chi connectivity index (χ2n) is 4.80. The maximum Gasteiger partial charge on any atom is 0.0739 e. The van der Waals surface area contributed by atoms with Gasteiger partial charge in [0.2, 0.25) is 0 Å². The molecule has 1 aliphatic carbocycles. The van der Waals surface area contributed by atoms with E-state index in [0.717, 1.165) is 24.7 Å². The van der Waals surface area contributed by atoms with Gasteiger partial charge in [-0.2, -0.15) is 5.10 Å². The van der Waals surface area contributed by atoms with Gasteiger partial charge in [0.25, 0.3) is 0 Å². The Bertz CT molecular complexity index is 369. The van der Waals surface area contributed by atoms with Crippen LogP contribution in [0.2, 0.25) is 0 Å². The molecule has 4 heteroatoms. The van der Waals surface area contributed by atoms with Crippen molar-refractivity contribution in [3.05, 3.63) is 15.9 Å². The highest BCUT2D eigenvalue weighted by atomic mass is 79.9. The van der Waals surface area contributed by atoms with Crippen molar-refractivity contribution in [2.24, 2.45) is 5.92 Å². The molecule has 16 heavy (non-hydrogen) atoms. The molecule has 0 unspecified atom stereocenters. The van der Waals surface area contributed by atoms with Crippen LogP contribution < -0.4 is 0 Å². The number of nitrogens with zero attached hydrogens (tertiary/aromatic N) is 3. The van der Waals surface area contributed by atoms with E-state index in [1.165, 1.54) is 29.6 Å². The van der Waals surface area contributed by atoms with E-state index in [1.807, 2.05) is 0 Å². The first-order chi connectivity index (χ1) is 7.61. The maximum atomic E-state index is 4.52. The van der Waals surface area contributed by atoms with E-state index in [4.69, 9.17) is 0 Å². The van der Waals surface area contributed by atoms with Gasteiger partial charge < -0.3 is 4.90 Å². The van der Waals surface area contributed by atoms with Crippen molar-refractivity contribution in [1.82, 2.24) is 14.7 Å². The van der Waals surface area contributed by atoms with Crippen LogP contribution in [0.1, 0.15) is 31.2 Å². The van der Waals surface area contributed by atoms with E-state index in [2.05, 4.69) is 51.5 Å². The fraction of sp³-hybridized carbons (Fsp3) is 0.750. The van der Waals surface area contributed by atoms with Crippen LogP contribution >= 0.6 is 15.9 Å². The minimum atomic E-state index is 0.943. The molecular formula is C12H20BrN3. The van der Waals surface area contributed by atoms with Gasteiger partial charge >= 0.3 is 0 Å². The number of halogens is 1. The van der Waals surface area contributed by atoms with Crippen LogP contribution in [0.4, 0.5) is 0 Å². The van der Waals surface area contributed by atoms with E-state index in [1.54, 1.807) is 0 Å². The fourth-order valence-corrected chi connectivity index (χ4v) is 2.49. The third-order valence-electron chi connectivity index (χ3n) is 3.14. The zero-order chi connectivity index (χ0) is 11.7. The highest BCUT2D eigenvalue weighted by molar-refractivity contribution is 9.10. The third kappa shape index (κ3) is 2.66. The average Bonchev–Trinajstić information content (AvgIpc) is 3.01. The molecule has 90 valence electrons. The Labute approximate surface area is 106 Å². The zero-order valence-electron chi connectivity index (χ0n) is 10.3. The Morgan fingerprint density at radius 1 is 1.50 bits per heavy atom. The van der Waals surface area contributed by atoms with Gasteiger partial charge in [0.15, 0.2) is 0 Å². The van der Waals surface area contributed by atoms with Crippen LogP contribution in [0.3, 0.4) is 0 Å². The normalized spacial score (nSPS) is 16.1. The zero-order valence-corrected chi connectivity index (χ0v) is 11.9. The van der Waals surface area contributed by atoms with Crippen molar-refractivity contribution < 1.29 is 0 Å². The molecule has 2 rings (SSSR count). The van der Waals surface area contributed by atoms with Gasteiger partial charge in [0.05, 0.1) is 15.9 Å². The third-order valence-corrected chi connectivity index (χ3v) is 4.17. The summed E-state index contributed by atoms with van der Waals surface area (Å²) in [6.07, 6.45) is 2.83. The van der Waals surface area contributed by atoms with E-state index in [0.29, 0.717) is 0 Å². The van der Waals surface area contributed by atoms with Gasteiger partial charge in [-0.05, 0) is 55.6 Å². The minimum absolute atomic E-state index is 0.943. The summed E-state index contributed by atoms with van der Waals surface area (Å²) in [5.74, 6) is 0.947. The first-order valence-corrected chi connectivity index (χ1v) is 6.81. The molecule has 0 spiro atoms. The Morgan fingerprint density at radius 2 is 2.19 bits per heavy atom. The van der Waals surface area contributed by atoms with Crippen molar-refractivity contribution in [3.8, 4) is 0 Å². The Hall–Kier alpha value is -0.350. The molecule has 0 aliphatic heterocycles. The van der Waals surface area contributed by atoms with Crippen molar-refractivity contribution in [2.45, 2.75) is 39.8 Å². The quantitative estimate of drug-likeness (QED) is 0.830. The minimum Gasteiger partial charge on any atom is -0.300 e. The molecule has 0 aromatic carbocycles. The summed E-state index contributed by atoms with van der Waals surface area (Å²) in [7, 11) is 2.20. The second-order valence-corrected chi connectivity index (χ2v) is 5.59. The van der Waals surface area contributed by atoms with Crippen molar-refractivity contribution >= 4 is 15.9 Å². The van der Waals surface area contributed by atoms with Gasteiger partial charge in [-0.15, -0.1) is 0 Å². The molecule has 0 bridgehead atoms. The Kier molecular flexibility index (Phi) is 3.70. The van der Waals surface area contributed by atoms with Crippen LogP contribution in [0.15, 0.2) is 4.47 Å². The molecule has 1 saturated carbocycles. The smallest absolute Gasteiger partial charge is 0.0739 e. The largest absolute Gasteiger partial charge is 0.300 e. The second kappa shape index (κ2) is 4.88. The van der Waals surface area contributed by atoms with Crippen molar-refractivity contribution in [1.29, 1.82) is 0 Å². The van der Waals surface area contributed by atoms with E-state index in [-0.39, 0.29) is 0 Å². The molecule has 3 nitrogen and oxygen atoms in total. The molecule has 0 radical (unpaired) electrons. The highest BCUT2D eigenvalue weighted by Crippen LogP contribution is 2.30. The Balaban J connectivity index is 2.06. The molecule has 1 aromatic heterocycles. The summed E-state index contributed by atoms with van der Waals surface area (Å²) in [6.45, 7) is 7.36. The summed E-state index contributed by atoms with van der Waals surface area (Å²) in [5.41, 5.74) is 2.40. The standard InChI is InChI=1S/C12H20BrN3/c1-4-16-11(12(13)9(2)14-16)8-15(3)7-10-5-6-10/h10H,4-8H2,1-3H3. The molecule has 1 aliphatic rings. The molecular weight excluding hydrogens is 266 g/mol. The number of rotatable bonds is 5. The van der Waals surface area contributed by atoms with Gasteiger partial charge in [-0.1, -0.05) is 0 Å². The number of aryl methyl sites for hydroxylation is 2. The lowest BCUT2D eigenvalue weighted by Gasteiger charge is -2.17. The summed E-state index contributed by atoms with van der Waals surface area (Å²) in [4.78, 5) is 2.41. The fourth-order valence-electron chi connectivity index (χ4n) is 2.08. The van der Waals surface area contributed by atoms with E-state index >= 15 is 0 Å². The number of aromatic nitrogens is 2. The molecule has 1 aromatic rings. The summed E-state index contributed by atoms with van der Waals surface area (Å²) in [6, 6.07) is 0. The summed E-state index contributed by atoms with van der Waals surface area (Å²) >= 11 is 3.64. The molecule has 0 atom stereocenters. The predicted octanol–water partition coefficient (Wildman–Crippen LogP) is 2.82. The lowest BCUT2D eigenvalue weighted by molar-refractivity contribution is 0.302. The van der Waals surface area contributed by atoms with Gasteiger partial charge in [0, 0.05) is 19.6 Å². The predicted molar refractivity (Wildman–Crippen MR) is 69.4 cm³/mol. The van der Waals surface area contributed by atoms with E-state index < -0.39 is 0 Å². The molecule has 0 amide bonds. The average molecular weight is 286 g/mol. The highest BCUT2D eigenvalue weighted by Gasteiger charge is 2.23. The monoisotopic (exact) mass is 285 g/mol. The van der Waals surface area contributed by atoms with Crippen LogP contribution in [-0.4, -0.2) is 28.3 Å².